The second kappa shape index (κ2) is 5.95. The zero-order chi connectivity index (χ0) is 18.5. The summed E-state index contributed by atoms with van der Waals surface area (Å²) in [6.07, 6.45) is -4.40. The molecule has 1 atom stereocenters. The van der Waals surface area contributed by atoms with Gasteiger partial charge in [-0.1, -0.05) is 24.3 Å². The van der Waals surface area contributed by atoms with Gasteiger partial charge in [-0.05, 0) is 48.9 Å². The fourth-order valence-corrected chi connectivity index (χ4v) is 5.52. The molecule has 3 aromatic carbocycles. The summed E-state index contributed by atoms with van der Waals surface area (Å²) in [6, 6.07) is 18.2. The van der Waals surface area contributed by atoms with E-state index in [0.29, 0.717) is 15.7 Å². The highest BCUT2D eigenvalue weighted by molar-refractivity contribution is 7.49. The van der Waals surface area contributed by atoms with Crippen LogP contribution in [0, 0.1) is 6.92 Å². The van der Waals surface area contributed by atoms with Crippen LogP contribution in [0.1, 0.15) is 11.1 Å². The Labute approximate surface area is 150 Å². The third-order valence-electron chi connectivity index (χ3n) is 4.35. The molecule has 5 heteroatoms. The molecule has 4 aromatic rings. The van der Waals surface area contributed by atoms with E-state index in [2.05, 4.69) is 0 Å². The van der Waals surface area contributed by atoms with Crippen molar-refractivity contribution in [2.75, 3.05) is 0 Å². The Balaban J connectivity index is 2.18. The maximum atomic E-state index is 13.2. The van der Waals surface area contributed by atoms with Crippen molar-refractivity contribution in [1.29, 1.82) is 0 Å². The molecule has 1 aromatic heterocycles. The first kappa shape index (κ1) is 16.8. The van der Waals surface area contributed by atoms with Crippen LogP contribution in [0.3, 0.4) is 0 Å². The minimum atomic E-state index is -4.40. The summed E-state index contributed by atoms with van der Waals surface area (Å²) in [7, 11) is -0.753. The summed E-state index contributed by atoms with van der Waals surface area (Å²) >= 11 is 0. The molecule has 130 valence electrons. The van der Waals surface area contributed by atoms with Gasteiger partial charge in [-0.3, -0.25) is 4.79 Å². The monoisotopic (exact) mass is 371 g/mol. The Morgan fingerprint density at radius 3 is 2.31 bits per heavy atom. The van der Waals surface area contributed by atoms with Crippen molar-refractivity contribution in [2.24, 2.45) is 0 Å². The van der Waals surface area contributed by atoms with Crippen molar-refractivity contribution in [3.05, 3.63) is 88.1 Å². The van der Waals surface area contributed by atoms with Crippen LogP contribution < -0.4 is 5.43 Å². The summed E-state index contributed by atoms with van der Waals surface area (Å²) in [5, 5.41) is 1.13. The Morgan fingerprint density at radius 1 is 0.808 bits per heavy atom. The Morgan fingerprint density at radius 2 is 1.54 bits per heavy atom. The van der Waals surface area contributed by atoms with Gasteiger partial charge in [0.2, 0.25) is 5.43 Å². The predicted molar refractivity (Wildman–Crippen MR) is 101 cm³/mol. The van der Waals surface area contributed by atoms with Crippen molar-refractivity contribution in [3.63, 3.8) is 0 Å². The van der Waals surface area contributed by atoms with Crippen LogP contribution in [0.25, 0.3) is 25.1 Å². The number of hydrogen-bond donors (Lipinski definition) is 0. The van der Waals surface area contributed by atoms with Crippen molar-refractivity contribution in [2.45, 2.75) is 13.1 Å². The van der Waals surface area contributed by atoms with Crippen molar-refractivity contribution >= 4 is 30.6 Å². The molecule has 0 aliphatic heterocycles. The summed E-state index contributed by atoms with van der Waals surface area (Å²) in [6.45, 7) is 1.90. The number of hydrogen-bond acceptors (Lipinski definition) is 1. The second-order valence-electron chi connectivity index (χ2n) is 6.16. The van der Waals surface area contributed by atoms with E-state index < -0.39 is 22.2 Å². The summed E-state index contributed by atoms with van der Waals surface area (Å²) in [5.41, 5.74) is 0.199. The molecular formula is C21H14F3OS+. The molecule has 0 bridgehead atoms. The standard InChI is InChI=1S/C21H14F3OS/c1-13-9-10-19-17(11-13)20(25)16-7-2-3-8-18(16)26(19)15-6-4-5-14(12-15)21(22,23)24/h2-12H,1H3/q+1. The minimum Gasteiger partial charge on any atom is -0.288 e. The molecule has 0 radical (unpaired) electrons. The van der Waals surface area contributed by atoms with E-state index in [0.717, 1.165) is 21.0 Å². The maximum Gasteiger partial charge on any atom is 0.416 e. The van der Waals surface area contributed by atoms with Gasteiger partial charge >= 0.3 is 6.18 Å². The molecule has 0 aliphatic rings. The SMILES string of the molecule is Cc1ccc2c(c1)c(=O)c1ccccc1[s+]2-c1cccc(C(F)(F)F)c1. The quantitative estimate of drug-likeness (QED) is 0.279. The second-order valence-corrected chi connectivity index (χ2v) is 8.12. The lowest BCUT2D eigenvalue weighted by molar-refractivity contribution is -0.137. The number of alkyl halides is 3. The van der Waals surface area contributed by atoms with Gasteiger partial charge in [0, 0.05) is 16.5 Å². The average Bonchev–Trinajstić information content (AvgIpc) is 2.62. The fourth-order valence-electron chi connectivity index (χ4n) is 3.15. The molecule has 1 unspecified atom stereocenters. The third kappa shape index (κ3) is 2.69. The van der Waals surface area contributed by atoms with E-state index in [1.807, 2.05) is 37.3 Å². The number of benzene rings is 3. The van der Waals surface area contributed by atoms with Gasteiger partial charge in [-0.25, -0.2) is 0 Å². The molecule has 0 aliphatic carbocycles. The molecule has 0 fully saturated rings. The van der Waals surface area contributed by atoms with E-state index >= 15 is 0 Å². The van der Waals surface area contributed by atoms with E-state index in [-0.39, 0.29) is 5.43 Å². The lowest BCUT2D eigenvalue weighted by Gasteiger charge is -2.07. The molecule has 4 rings (SSSR count). The molecule has 0 saturated carbocycles. The number of halogens is 3. The molecule has 0 amide bonds. The lowest BCUT2D eigenvalue weighted by Crippen LogP contribution is -2.05. The van der Waals surface area contributed by atoms with Crippen LogP contribution in [0.2, 0.25) is 0 Å². The molecule has 0 saturated heterocycles. The lowest BCUT2D eigenvalue weighted by atomic mass is 10.1. The molecule has 0 spiro atoms. The first-order valence-corrected chi connectivity index (χ1v) is 9.24. The van der Waals surface area contributed by atoms with Crippen LogP contribution in [0.15, 0.2) is 71.5 Å². The largest absolute Gasteiger partial charge is 0.416 e. The molecular weight excluding hydrogens is 357 g/mol. The maximum absolute atomic E-state index is 13.2. The van der Waals surface area contributed by atoms with Crippen LogP contribution in [-0.2, 0) is 6.18 Å². The van der Waals surface area contributed by atoms with Crippen LogP contribution >= 0.6 is 10.5 Å². The zero-order valence-electron chi connectivity index (χ0n) is 13.8. The summed E-state index contributed by atoms with van der Waals surface area (Å²) < 4.78 is 41.1. The molecule has 26 heavy (non-hydrogen) atoms. The Hall–Kier alpha value is -2.66. The first-order chi connectivity index (χ1) is 12.4. The highest BCUT2D eigenvalue weighted by Crippen LogP contribution is 2.44. The van der Waals surface area contributed by atoms with Crippen molar-refractivity contribution in [1.82, 2.24) is 0 Å². The van der Waals surface area contributed by atoms with Gasteiger partial charge < -0.3 is 0 Å². The third-order valence-corrected chi connectivity index (χ3v) is 6.67. The van der Waals surface area contributed by atoms with Gasteiger partial charge in [0.25, 0.3) is 0 Å². The van der Waals surface area contributed by atoms with E-state index in [4.69, 9.17) is 0 Å². The Bertz CT molecular complexity index is 1210. The van der Waals surface area contributed by atoms with Crippen LogP contribution in [0.5, 0.6) is 0 Å². The highest BCUT2D eigenvalue weighted by atomic mass is 32.2. The van der Waals surface area contributed by atoms with Crippen LogP contribution in [0.4, 0.5) is 13.2 Å². The smallest absolute Gasteiger partial charge is 0.288 e. The average molecular weight is 371 g/mol. The van der Waals surface area contributed by atoms with Gasteiger partial charge in [0.15, 0.2) is 14.3 Å². The number of fused-ring (bicyclic) bond motifs is 2. The minimum absolute atomic E-state index is 0.0741. The fraction of sp³-hybridized carbons (Fsp3) is 0.0952. The van der Waals surface area contributed by atoms with E-state index in [9.17, 15) is 18.0 Å². The van der Waals surface area contributed by atoms with Gasteiger partial charge in [-0.2, -0.15) is 13.2 Å². The predicted octanol–water partition coefficient (Wildman–Crippen LogP) is 6.42. The molecule has 1 nitrogen and oxygen atoms in total. The highest BCUT2D eigenvalue weighted by Gasteiger charge is 2.32. The topological polar surface area (TPSA) is 17.1 Å². The normalized spacial score (nSPS) is 12.7. The van der Waals surface area contributed by atoms with Crippen molar-refractivity contribution < 1.29 is 13.2 Å². The first-order valence-electron chi connectivity index (χ1n) is 8.02. The van der Waals surface area contributed by atoms with Crippen LogP contribution in [-0.4, -0.2) is 0 Å². The van der Waals surface area contributed by atoms with Gasteiger partial charge in [0.05, 0.1) is 16.3 Å². The summed E-state index contributed by atoms with van der Waals surface area (Å²) in [4.78, 5) is 13.4. The van der Waals surface area contributed by atoms with E-state index in [1.165, 1.54) is 12.1 Å². The molecule has 0 N–H and O–H groups in total. The zero-order valence-corrected chi connectivity index (χ0v) is 14.6. The molecule has 1 heterocycles. The van der Waals surface area contributed by atoms with E-state index in [1.54, 1.807) is 18.2 Å². The number of aryl methyl sites for hydroxylation is 1. The number of rotatable bonds is 1. The van der Waals surface area contributed by atoms with Gasteiger partial charge in [0.1, 0.15) is 0 Å². The van der Waals surface area contributed by atoms with Gasteiger partial charge in [-0.15, -0.1) is 0 Å². The summed E-state index contributed by atoms with van der Waals surface area (Å²) in [5.74, 6) is 0. The Kier molecular flexibility index (Phi) is 3.84. The van der Waals surface area contributed by atoms with Crippen molar-refractivity contribution in [3.8, 4) is 4.90 Å².